The first-order valence-corrected chi connectivity index (χ1v) is 6.51. The lowest BCUT2D eigenvalue weighted by Crippen LogP contribution is -2.17. The summed E-state index contributed by atoms with van der Waals surface area (Å²) >= 11 is 0. The molecule has 0 aliphatic heterocycles. The Morgan fingerprint density at radius 2 is 1.76 bits per heavy atom. The third-order valence-corrected chi connectivity index (χ3v) is 2.76. The second-order valence-electron chi connectivity index (χ2n) is 4.55. The second-order valence-corrected chi connectivity index (χ2v) is 4.55. The molecule has 0 saturated carbocycles. The van der Waals surface area contributed by atoms with Crippen LogP contribution in [0.5, 0.6) is 5.75 Å². The van der Waals surface area contributed by atoms with Crippen LogP contribution in [0.2, 0.25) is 0 Å². The van der Waals surface area contributed by atoms with Crippen molar-refractivity contribution in [3.63, 3.8) is 0 Å². The minimum absolute atomic E-state index is 0.122. The van der Waals surface area contributed by atoms with Gasteiger partial charge < -0.3 is 5.11 Å². The highest BCUT2D eigenvalue weighted by Crippen LogP contribution is 2.09. The average molecular weight is 280 g/mol. The number of nitrogens with zero attached hydrogens (tertiary/aromatic N) is 1. The number of amides is 1. The maximum atomic E-state index is 11.8. The van der Waals surface area contributed by atoms with Crippen molar-refractivity contribution in [2.75, 3.05) is 0 Å². The minimum atomic E-state index is -0.321. The zero-order valence-electron chi connectivity index (χ0n) is 11.7. The molecular weight excluding hydrogens is 264 g/mol. The van der Waals surface area contributed by atoms with Crippen molar-refractivity contribution in [3.05, 3.63) is 71.3 Å². The van der Waals surface area contributed by atoms with Crippen LogP contribution in [-0.4, -0.2) is 17.2 Å². The number of carbonyl (C=O) groups excluding carboxylic acids is 1. The van der Waals surface area contributed by atoms with E-state index in [-0.39, 0.29) is 11.7 Å². The van der Waals surface area contributed by atoms with Crippen molar-refractivity contribution in [1.82, 2.24) is 5.43 Å². The quantitative estimate of drug-likeness (QED) is 0.667. The normalized spacial score (nSPS) is 11.6. The highest BCUT2D eigenvalue weighted by Gasteiger charge is 2.02. The summed E-state index contributed by atoms with van der Waals surface area (Å²) in [6.07, 6.45) is 3.56. The zero-order valence-corrected chi connectivity index (χ0v) is 11.7. The Kier molecular flexibility index (Phi) is 4.88. The van der Waals surface area contributed by atoms with E-state index in [2.05, 4.69) is 10.5 Å². The van der Waals surface area contributed by atoms with Gasteiger partial charge in [0.05, 0.1) is 6.21 Å². The Morgan fingerprint density at radius 3 is 2.43 bits per heavy atom. The third-order valence-electron chi connectivity index (χ3n) is 2.76. The lowest BCUT2D eigenvalue weighted by molar-refractivity contribution is 0.0955. The Balaban J connectivity index is 1.94. The summed E-state index contributed by atoms with van der Waals surface area (Å²) in [5, 5.41) is 13.1. The van der Waals surface area contributed by atoms with Crippen molar-refractivity contribution >= 4 is 18.2 Å². The lowest BCUT2D eigenvalue weighted by atomic mass is 10.1. The Morgan fingerprint density at radius 1 is 1.10 bits per heavy atom. The first-order chi connectivity index (χ1) is 10.1. The number of allylic oxidation sites excluding steroid dienone is 1. The van der Waals surface area contributed by atoms with E-state index in [4.69, 9.17) is 5.11 Å². The number of benzene rings is 2. The number of hydrogen-bond donors (Lipinski definition) is 2. The van der Waals surface area contributed by atoms with Crippen LogP contribution in [0.3, 0.4) is 0 Å². The summed E-state index contributed by atoms with van der Waals surface area (Å²) in [6.45, 7) is 1.91. The summed E-state index contributed by atoms with van der Waals surface area (Å²) < 4.78 is 0. The molecule has 0 aliphatic rings. The number of rotatable bonds is 4. The van der Waals surface area contributed by atoms with Gasteiger partial charge in [-0.1, -0.05) is 36.4 Å². The SMILES string of the molecule is C/C(C=NNC(=O)c1ccc(O)cc1)=C\c1ccccc1. The fourth-order valence-electron chi connectivity index (χ4n) is 1.72. The molecule has 106 valence electrons. The van der Waals surface area contributed by atoms with E-state index in [0.717, 1.165) is 11.1 Å². The molecular formula is C17H16N2O2. The first kappa shape index (κ1) is 14.5. The fraction of sp³-hybridized carbons (Fsp3) is 0.0588. The summed E-state index contributed by atoms with van der Waals surface area (Å²) in [6, 6.07) is 15.8. The maximum absolute atomic E-state index is 11.8. The second kappa shape index (κ2) is 7.05. The molecule has 2 N–H and O–H groups in total. The van der Waals surface area contributed by atoms with E-state index >= 15 is 0 Å². The number of phenols is 1. The number of nitrogens with one attached hydrogen (secondary N) is 1. The average Bonchev–Trinajstić information content (AvgIpc) is 2.49. The van der Waals surface area contributed by atoms with Crippen molar-refractivity contribution < 1.29 is 9.90 Å². The number of aromatic hydroxyl groups is 1. The van der Waals surface area contributed by atoms with Crippen LogP contribution in [0, 0.1) is 0 Å². The van der Waals surface area contributed by atoms with Crippen LogP contribution in [0.4, 0.5) is 0 Å². The molecule has 0 bridgehead atoms. The van der Waals surface area contributed by atoms with Crippen LogP contribution in [0.15, 0.2) is 65.3 Å². The van der Waals surface area contributed by atoms with Crippen molar-refractivity contribution in [1.29, 1.82) is 0 Å². The maximum Gasteiger partial charge on any atom is 0.271 e. The van der Waals surface area contributed by atoms with Gasteiger partial charge in [-0.3, -0.25) is 4.79 Å². The molecule has 0 atom stereocenters. The molecule has 4 heteroatoms. The monoisotopic (exact) mass is 280 g/mol. The van der Waals surface area contributed by atoms with Gasteiger partial charge in [0, 0.05) is 5.56 Å². The van der Waals surface area contributed by atoms with Crippen LogP contribution in [0.1, 0.15) is 22.8 Å². The molecule has 4 nitrogen and oxygen atoms in total. The Hall–Kier alpha value is -2.88. The van der Waals surface area contributed by atoms with Crippen LogP contribution in [-0.2, 0) is 0 Å². The Bertz CT molecular complexity index is 659. The summed E-state index contributed by atoms with van der Waals surface area (Å²) in [5.41, 5.74) is 4.88. The van der Waals surface area contributed by atoms with Crippen molar-refractivity contribution in [3.8, 4) is 5.75 Å². The van der Waals surface area contributed by atoms with Gasteiger partial charge in [-0.2, -0.15) is 5.10 Å². The molecule has 2 aromatic carbocycles. The smallest absolute Gasteiger partial charge is 0.271 e. The summed E-state index contributed by atoms with van der Waals surface area (Å²) in [5.74, 6) is -0.199. The molecule has 0 unspecified atom stereocenters. The molecule has 0 heterocycles. The van der Waals surface area contributed by atoms with E-state index in [1.807, 2.05) is 43.3 Å². The first-order valence-electron chi connectivity index (χ1n) is 6.51. The molecule has 0 saturated heterocycles. The number of carbonyl (C=O) groups is 1. The Labute approximate surface area is 123 Å². The van der Waals surface area contributed by atoms with E-state index < -0.39 is 0 Å². The number of hydrogen-bond acceptors (Lipinski definition) is 3. The predicted octanol–water partition coefficient (Wildman–Crippen LogP) is 3.21. The summed E-state index contributed by atoms with van der Waals surface area (Å²) in [4.78, 5) is 11.8. The molecule has 0 aromatic heterocycles. The van der Waals surface area contributed by atoms with Gasteiger partial charge in [-0.15, -0.1) is 0 Å². The van der Waals surface area contributed by atoms with Gasteiger partial charge in [0.1, 0.15) is 5.75 Å². The van der Waals surface area contributed by atoms with E-state index in [0.29, 0.717) is 5.56 Å². The van der Waals surface area contributed by atoms with Gasteiger partial charge >= 0.3 is 0 Å². The van der Waals surface area contributed by atoms with Crippen LogP contribution < -0.4 is 5.43 Å². The fourth-order valence-corrected chi connectivity index (χ4v) is 1.72. The standard InChI is InChI=1S/C17H16N2O2/c1-13(11-14-5-3-2-4-6-14)12-18-19-17(21)15-7-9-16(20)10-8-15/h2-12,20H,1H3,(H,19,21)/b13-11+,18-12?. The van der Waals surface area contributed by atoms with E-state index in [1.165, 1.54) is 24.3 Å². The highest BCUT2D eigenvalue weighted by atomic mass is 16.3. The highest BCUT2D eigenvalue weighted by molar-refractivity contribution is 5.95. The van der Waals surface area contributed by atoms with E-state index in [1.54, 1.807) is 6.21 Å². The molecule has 0 aliphatic carbocycles. The zero-order chi connectivity index (χ0) is 15.1. The van der Waals surface area contributed by atoms with Crippen molar-refractivity contribution in [2.45, 2.75) is 6.92 Å². The van der Waals surface area contributed by atoms with Gasteiger partial charge in [0.2, 0.25) is 0 Å². The minimum Gasteiger partial charge on any atom is -0.508 e. The molecule has 0 fully saturated rings. The van der Waals surface area contributed by atoms with Crippen LogP contribution in [0.25, 0.3) is 6.08 Å². The van der Waals surface area contributed by atoms with Gasteiger partial charge in [-0.05, 0) is 42.3 Å². The van der Waals surface area contributed by atoms with Gasteiger partial charge in [0.25, 0.3) is 5.91 Å². The molecule has 0 radical (unpaired) electrons. The molecule has 1 amide bonds. The molecule has 2 rings (SSSR count). The number of phenolic OH excluding ortho intramolecular Hbond substituents is 1. The van der Waals surface area contributed by atoms with Crippen molar-refractivity contribution in [2.24, 2.45) is 5.10 Å². The molecule has 21 heavy (non-hydrogen) atoms. The molecule has 0 spiro atoms. The lowest BCUT2D eigenvalue weighted by Gasteiger charge is -2.00. The van der Waals surface area contributed by atoms with Gasteiger partial charge in [-0.25, -0.2) is 5.43 Å². The van der Waals surface area contributed by atoms with E-state index in [9.17, 15) is 4.79 Å². The third kappa shape index (κ3) is 4.62. The largest absolute Gasteiger partial charge is 0.508 e. The topological polar surface area (TPSA) is 61.7 Å². The predicted molar refractivity (Wildman–Crippen MR) is 84.2 cm³/mol. The van der Waals surface area contributed by atoms with Gasteiger partial charge in [0.15, 0.2) is 0 Å². The summed E-state index contributed by atoms with van der Waals surface area (Å²) in [7, 11) is 0. The molecule has 2 aromatic rings. The number of hydrazone groups is 1. The van der Waals surface area contributed by atoms with Crippen LogP contribution >= 0.6 is 0 Å².